The predicted octanol–water partition coefficient (Wildman–Crippen LogP) is 7.34. The molecule has 0 radical (unpaired) electrons. The number of halogens is 3. The van der Waals surface area contributed by atoms with Crippen LogP contribution in [0, 0.1) is 29.6 Å². The molecule has 2 heterocycles. The maximum absolute atomic E-state index is 13.4. The third-order valence-corrected chi connectivity index (χ3v) is 16.9. The lowest BCUT2D eigenvalue weighted by atomic mass is 9.69. The molecule has 0 spiro atoms. The molecule has 1 saturated carbocycles. The molecule has 2 aliphatic heterocycles. The lowest BCUT2D eigenvalue weighted by molar-refractivity contribution is -0.147. The van der Waals surface area contributed by atoms with Crippen LogP contribution in [0.25, 0.3) is 0 Å². The quantitative estimate of drug-likeness (QED) is 0.0876. The monoisotopic (exact) mass is 620 g/mol. The normalized spacial score (nSPS) is 33.8. The molecule has 2 fully saturated rings. The van der Waals surface area contributed by atoms with Crippen LogP contribution in [0.3, 0.4) is 0 Å². The molecule has 4 aliphatic rings. The summed E-state index contributed by atoms with van der Waals surface area (Å²) in [6.07, 6.45) is 3.79. The van der Waals surface area contributed by atoms with Gasteiger partial charge in [0.2, 0.25) is 0 Å². The molecule has 0 N–H and O–H groups in total. The average molecular weight is 621 g/mol. The molecule has 0 aromatic rings. The van der Waals surface area contributed by atoms with E-state index in [0.717, 1.165) is 17.6 Å². The van der Waals surface area contributed by atoms with E-state index in [1.807, 2.05) is 13.0 Å². The molecule has 4 rings (SSSR count). The number of allylic oxidation sites excluding steroid dienone is 3. The van der Waals surface area contributed by atoms with Crippen molar-refractivity contribution in [1.29, 1.82) is 0 Å². The maximum atomic E-state index is 13.4. The molecule has 0 unspecified atom stereocenters. The highest BCUT2D eigenvalue weighted by molar-refractivity contribution is 7.87. The van der Waals surface area contributed by atoms with Crippen molar-refractivity contribution >= 4 is 24.4 Å². The van der Waals surface area contributed by atoms with E-state index >= 15 is 0 Å². The van der Waals surface area contributed by atoms with E-state index in [-0.39, 0.29) is 18.3 Å². The van der Waals surface area contributed by atoms with Gasteiger partial charge in [-0.2, -0.15) is 21.6 Å². The van der Waals surface area contributed by atoms with Crippen LogP contribution >= 0.6 is 0 Å². The van der Waals surface area contributed by atoms with Gasteiger partial charge in [-0.25, -0.2) is 0 Å². The lowest BCUT2D eigenvalue weighted by Gasteiger charge is -2.45. The fourth-order valence-corrected chi connectivity index (χ4v) is 13.9. The number of fused-ring (bicyclic) bond motifs is 3. The number of esters is 1. The highest BCUT2D eigenvalue weighted by atomic mass is 32.2. The highest BCUT2D eigenvalue weighted by Crippen LogP contribution is 2.60. The number of carbonyl (C=O) groups excluding carboxylic acids is 1. The van der Waals surface area contributed by atoms with Crippen molar-refractivity contribution in [1.82, 2.24) is 0 Å². The molecule has 0 amide bonds. The van der Waals surface area contributed by atoms with Crippen LogP contribution in [-0.2, 0) is 33.0 Å². The van der Waals surface area contributed by atoms with Crippen LogP contribution < -0.4 is 0 Å². The zero-order valence-electron chi connectivity index (χ0n) is 25.1. The molecule has 2 aliphatic carbocycles. The third-order valence-electron chi connectivity index (χ3n) is 9.85. The largest absolute Gasteiger partial charge is 0.546 e. The van der Waals surface area contributed by atoms with Gasteiger partial charge < -0.3 is 18.1 Å². The van der Waals surface area contributed by atoms with E-state index in [9.17, 15) is 26.4 Å². The van der Waals surface area contributed by atoms with Gasteiger partial charge in [-0.1, -0.05) is 53.7 Å². The van der Waals surface area contributed by atoms with Crippen LogP contribution in [-0.4, -0.2) is 39.9 Å². The number of rotatable bonds is 9. The van der Waals surface area contributed by atoms with E-state index < -0.39 is 65.1 Å². The molecule has 7 atom stereocenters. The Bertz CT molecular complexity index is 1220. The van der Waals surface area contributed by atoms with Crippen molar-refractivity contribution < 1.29 is 44.5 Å². The Morgan fingerprint density at radius 3 is 2.24 bits per heavy atom. The second kappa shape index (κ2) is 10.6. The first-order valence-electron chi connectivity index (χ1n) is 14.4. The third kappa shape index (κ3) is 5.36. The minimum Gasteiger partial charge on any atom is -0.546 e. The molecule has 7 nitrogen and oxygen atoms in total. The topological polar surface area (TPSA) is 88.1 Å². The molecule has 0 aromatic carbocycles. The first-order valence-corrected chi connectivity index (χ1v) is 17.9. The summed E-state index contributed by atoms with van der Waals surface area (Å²) in [5.41, 5.74) is -4.71. The van der Waals surface area contributed by atoms with Crippen LogP contribution in [0.1, 0.15) is 74.7 Å². The molecule has 0 bridgehead atoms. The summed E-state index contributed by atoms with van der Waals surface area (Å²) in [5.74, 6) is -2.64. The standard InChI is InChI=1S/C29H43F3O7SSi/c1-15(2)19-10-20(12-21(11-19)39-41(16(3)4,17(5)6)18(7)8)24-25-22(37-27(24)33)13-28(9)26(25)23(14-36-28)38-40(34,35)29(30,31)32/h12,14,16-20,22,24-26H,1,10-11,13H2,2-9H3/t19-,20-,22-,24-,25+,26-,28+/m0/s1. The number of carbonyl (C=O) groups is 1. The van der Waals surface area contributed by atoms with Gasteiger partial charge in [0, 0.05) is 18.8 Å². The van der Waals surface area contributed by atoms with Gasteiger partial charge in [0.05, 0.1) is 17.6 Å². The summed E-state index contributed by atoms with van der Waals surface area (Å²) in [4.78, 5) is 13.4. The van der Waals surface area contributed by atoms with Crippen molar-refractivity contribution in [3.05, 3.63) is 36.0 Å². The number of alkyl halides is 3. The lowest BCUT2D eigenvalue weighted by Crippen LogP contribution is -2.48. The number of ether oxygens (including phenoxy) is 2. The summed E-state index contributed by atoms with van der Waals surface area (Å²) in [7, 11) is -8.24. The van der Waals surface area contributed by atoms with Crippen molar-refractivity contribution in [2.75, 3.05) is 0 Å². The second-order valence-electron chi connectivity index (χ2n) is 13.4. The molecule has 232 valence electrons. The average Bonchev–Trinajstić information content (AvgIpc) is 3.39. The van der Waals surface area contributed by atoms with E-state index in [2.05, 4.69) is 52.3 Å². The Morgan fingerprint density at radius 1 is 1.15 bits per heavy atom. The molecule has 1 saturated heterocycles. The van der Waals surface area contributed by atoms with Crippen molar-refractivity contribution in [3.8, 4) is 0 Å². The first-order chi connectivity index (χ1) is 18.7. The van der Waals surface area contributed by atoms with E-state index in [4.69, 9.17) is 13.9 Å². The van der Waals surface area contributed by atoms with Gasteiger partial charge in [-0.05, 0) is 54.8 Å². The van der Waals surface area contributed by atoms with Crippen LogP contribution in [0.15, 0.2) is 36.0 Å². The fraction of sp³-hybridized carbons (Fsp3) is 0.759. The number of hydrogen-bond acceptors (Lipinski definition) is 7. The second-order valence-corrected chi connectivity index (χ2v) is 20.3. The van der Waals surface area contributed by atoms with Gasteiger partial charge >= 0.3 is 21.6 Å². The van der Waals surface area contributed by atoms with Gasteiger partial charge in [0.15, 0.2) is 5.76 Å². The smallest absolute Gasteiger partial charge is 0.534 e. The minimum atomic E-state index is -5.92. The predicted molar refractivity (Wildman–Crippen MR) is 150 cm³/mol. The highest BCUT2D eigenvalue weighted by Gasteiger charge is 2.67. The zero-order chi connectivity index (χ0) is 30.9. The summed E-state index contributed by atoms with van der Waals surface area (Å²) in [5, 5.41) is 0. The maximum Gasteiger partial charge on any atom is 0.534 e. The summed E-state index contributed by atoms with van der Waals surface area (Å²) < 4.78 is 86.6. The van der Waals surface area contributed by atoms with Crippen molar-refractivity contribution in [2.24, 2.45) is 29.6 Å². The van der Waals surface area contributed by atoms with Gasteiger partial charge in [0.1, 0.15) is 18.0 Å². The van der Waals surface area contributed by atoms with E-state index in [1.54, 1.807) is 6.92 Å². The number of hydrogen-bond donors (Lipinski definition) is 0. The Balaban J connectivity index is 1.73. The minimum absolute atomic E-state index is 0.0366. The van der Waals surface area contributed by atoms with Gasteiger partial charge in [-0.15, -0.1) is 0 Å². The fourth-order valence-electron chi connectivity index (χ4n) is 8.12. The Hall–Kier alpha value is -1.95. The molecule has 0 aromatic heterocycles. The molecule has 12 heteroatoms. The molecular formula is C29H43F3O7SSi. The molecular weight excluding hydrogens is 577 g/mol. The van der Waals surface area contributed by atoms with Crippen molar-refractivity contribution in [2.45, 2.75) is 108 Å². The van der Waals surface area contributed by atoms with Gasteiger partial charge in [-0.3, -0.25) is 4.79 Å². The summed E-state index contributed by atoms with van der Waals surface area (Å²) >= 11 is 0. The Labute approximate surface area is 242 Å². The van der Waals surface area contributed by atoms with E-state index in [0.29, 0.717) is 29.5 Å². The Kier molecular flexibility index (Phi) is 8.30. The van der Waals surface area contributed by atoms with Crippen molar-refractivity contribution in [3.63, 3.8) is 0 Å². The summed E-state index contributed by atoms with van der Waals surface area (Å²) in [6, 6.07) is 0. The van der Waals surface area contributed by atoms with E-state index in [1.165, 1.54) is 0 Å². The van der Waals surface area contributed by atoms with Crippen LogP contribution in [0.2, 0.25) is 16.6 Å². The SMILES string of the molecule is C=C(C)[C@@H]1CC(O[Si](C(C)C)(C(C)C)C(C)C)=C[C@@H]([C@@H]2C(=O)O[C@H]3C[C@@]4(C)OC=C(OS(=O)(=O)C(F)(F)F)[C@H]4[C@@H]23)C1. The van der Waals surface area contributed by atoms with Crippen LogP contribution in [0.4, 0.5) is 13.2 Å². The zero-order valence-corrected chi connectivity index (χ0v) is 26.9. The van der Waals surface area contributed by atoms with Gasteiger partial charge in [0.25, 0.3) is 8.32 Å². The van der Waals surface area contributed by atoms with Crippen LogP contribution in [0.5, 0.6) is 0 Å². The molecule has 41 heavy (non-hydrogen) atoms. The Morgan fingerprint density at radius 2 is 1.73 bits per heavy atom. The first kappa shape index (κ1) is 32.0. The summed E-state index contributed by atoms with van der Waals surface area (Å²) in [6.45, 7) is 21.0.